The number of carbonyl (C=O) groups is 1. The number of benzene rings is 1. The monoisotopic (exact) mass is 397 g/mol. The van der Waals surface area contributed by atoms with Crippen LogP contribution in [0.4, 0.5) is 13.2 Å². The smallest absolute Gasteiger partial charge is 0.416 e. The van der Waals surface area contributed by atoms with Gasteiger partial charge in [-0.2, -0.15) is 13.2 Å². The van der Waals surface area contributed by atoms with Gasteiger partial charge in [-0.15, -0.1) is 0 Å². The predicted octanol–water partition coefficient (Wildman–Crippen LogP) is 4.13. The molecule has 0 spiro atoms. The predicted molar refractivity (Wildman–Crippen MR) is 98.6 cm³/mol. The molecular weight excluding hydrogens is 383 g/mol. The summed E-state index contributed by atoms with van der Waals surface area (Å²) in [6.45, 7) is 1.86. The largest absolute Gasteiger partial charge is 0.462 e. The van der Waals surface area contributed by atoms with E-state index in [1.54, 1.807) is 6.92 Å². The van der Waals surface area contributed by atoms with Crippen molar-refractivity contribution in [2.75, 3.05) is 6.61 Å². The molecule has 0 aliphatic rings. The Balaban J connectivity index is 2.07. The normalized spacial score (nSPS) is 10.8. The lowest BCUT2D eigenvalue weighted by molar-refractivity contribution is -0.137. The van der Waals surface area contributed by atoms with E-state index in [9.17, 15) is 18.0 Å². The van der Waals surface area contributed by atoms with Gasteiger partial charge in [-0.1, -0.05) is 18.1 Å². The number of rotatable bonds is 3. The highest BCUT2D eigenvalue weighted by atomic mass is 19.4. The Morgan fingerprint density at radius 2 is 1.76 bits per heavy atom. The Hall–Kier alpha value is -3.73. The van der Waals surface area contributed by atoms with Crippen LogP contribution in [0.25, 0.3) is 11.1 Å². The molecule has 0 bridgehead atoms. The van der Waals surface area contributed by atoms with Crippen molar-refractivity contribution in [3.8, 4) is 23.0 Å². The Bertz CT molecular complexity index is 1070. The quantitative estimate of drug-likeness (QED) is 0.491. The number of ether oxygens (including phenoxy) is 1. The minimum atomic E-state index is -4.44. The van der Waals surface area contributed by atoms with Crippen LogP contribution >= 0.6 is 0 Å². The van der Waals surface area contributed by atoms with Crippen LogP contribution in [0, 0.1) is 11.8 Å². The number of alkyl halides is 3. The summed E-state index contributed by atoms with van der Waals surface area (Å²) >= 11 is 0. The van der Waals surface area contributed by atoms with Gasteiger partial charge in [0, 0.05) is 24.2 Å². The molecule has 0 atom stereocenters. The van der Waals surface area contributed by atoms with Gasteiger partial charge in [0.1, 0.15) is 12.0 Å². The summed E-state index contributed by atoms with van der Waals surface area (Å²) in [6, 6.07) is 6.06. The van der Waals surface area contributed by atoms with Crippen LogP contribution in [0.2, 0.25) is 0 Å². The van der Waals surface area contributed by atoms with Gasteiger partial charge >= 0.3 is 12.1 Å². The van der Waals surface area contributed by atoms with E-state index < -0.39 is 17.7 Å². The van der Waals surface area contributed by atoms with Crippen LogP contribution in [-0.2, 0) is 10.9 Å². The van der Waals surface area contributed by atoms with E-state index in [0.29, 0.717) is 22.4 Å². The third kappa shape index (κ3) is 4.96. The molecule has 0 aliphatic heterocycles. The summed E-state index contributed by atoms with van der Waals surface area (Å²) in [7, 11) is 0. The van der Waals surface area contributed by atoms with E-state index in [1.807, 2.05) is 0 Å². The molecule has 146 valence electrons. The first-order valence-corrected chi connectivity index (χ1v) is 8.50. The van der Waals surface area contributed by atoms with Gasteiger partial charge in [0.15, 0.2) is 0 Å². The maximum Gasteiger partial charge on any atom is 0.416 e. The summed E-state index contributed by atoms with van der Waals surface area (Å²) in [6.07, 6.45) is 1.28. The fraction of sp³-hybridized carbons (Fsp3) is 0.143. The number of pyridine rings is 1. The fourth-order valence-electron chi connectivity index (χ4n) is 2.44. The zero-order valence-electron chi connectivity index (χ0n) is 15.2. The minimum Gasteiger partial charge on any atom is -0.462 e. The second kappa shape index (κ2) is 8.52. The first-order valence-electron chi connectivity index (χ1n) is 8.50. The van der Waals surface area contributed by atoms with E-state index in [1.165, 1.54) is 43.1 Å². The van der Waals surface area contributed by atoms with Gasteiger partial charge in [0.05, 0.1) is 23.3 Å². The lowest BCUT2D eigenvalue weighted by atomic mass is 10.0. The van der Waals surface area contributed by atoms with Gasteiger partial charge in [0.2, 0.25) is 0 Å². The van der Waals surface area contributed by atoms with E-state index in [0.717, 1.165) is 12.1 Å². The average Bonchev–Trinajstić information content (AvgIpc) is 2.72. The number of aromatic nitrogens is 3. The lowest BCUT2D eigenvalue weighted by Gasteiger charge is -2.10. The molecule has 0 amide bonds. The van der Waals surface area contributed by atoms with Crippen LogP contribution in [0.15, 0.2) is 55.2 Å². The van der Waals surface area contributed by atoms with Crippen LogP contribution in [0.5, 0.6) is 0 Å². The number of esters is 1. The summed E-state index contributed by atoms with van der Waals surface area (Å²) in [4.78, 5) is 24.0. The molecule has 0 aliphatic carbocycles. The molecule has 0 fully saturated rings. The standard InChI is InChI=1S/C21H14F3N3O2/c1-2-29-20(28)16-9-18(15-4-6-17(7-5-15)21(22,23)24)19(27-12-16)8-3-14-10-25-13-26-11-14/h4-7,9-13H,2H2,1H3. The molecule has 0 radical (unpaired) electrons. The van der Waals surface area contributed by atoms with Gasteiger partial charge in [-0.05, 0) is 36.6 Å². The highest BCUT2D eigenvalue weighted by molar-refractivity contribution is 5.91. The van der Waals surface area contributed by atoms with Crippen molar-refractivity contribution in [3.05, 3.63) is 77.6 Å². The number of hydrogen-bond acceptors (Lipinski definition) is 5. The Morgan fingerprint density at radius 3 is 2.38 bits per heavy atom. The van der Waals surface area contributed by atoms with E-state index in [2.05, 4.69) is 26.8 Å². The average molecular weight is 397 g/mol. The molecule has 3 rings (SSSR count). The molecule has 0 N–H and O–H groups in total. The molecular formula is C21H14F3N3O2. The second-order valence-corrected chi connectivity index (χ2v) is 5.79. The highest BCUT2D eigenvalue weighted by Crippen LogP contribution is 2.31. The van der Waals surface area contributed by atoms with Crippen molar-refractivity contribution in [2.24, 2.45) is 0 Å². The summed E-state index contributed by atoms with van der Waals surface area (Å²) in [5.41, 5.74) is 1.09. The van der Waals surface area contributed by atoms with Crippen molar-refractivity contribution in [3.63, 3.8) is 0 Å². The first-order chi connectivity index (χ1) is 13.9. The molecule has 2 aromatic heterocycles. The number of nitrogens with zero attached hydrogens (tertiary/aromatic N) is 3. The lowest BCUT2D eigenvalue weighted by Crippen LogP contribution is -2.07. The van der Waals surface area contributed by atoms with E-state index in [-0.39, 0.29) is 12.2 Å². The van der Waals surface area contributed by atoms with Gasteiger partial charge in [0.25, 0.3) is 0 Å². The Morgan fingerprint density at radius 1 is 1.07 bits per heavy atom. The summed E-state index contributed by atoms with van der Waals surface area (Å²) in [5, 5.41) is 0. The number of hydrogen-bond donors (Lipinski definition) is 0. The molecule has 3 aromatic rings. The molecule has 8 heteroatoms. The molecule has 0 saturated carbocycles. The SMILES string of the molecule is CCOC(=O)c1cnc(C#Cc2cncnc2)c(-c2ccc(C(F)(F)F)cc2)c1. The van der Waals surface area contributed by atoms with Gasteiger partial charge in [-0.3, -0.25) is 0 Å². The number of carbonyl (C=O) groups excluding carboxylic acids is 1. The molecule has 29 heavy (non-hydrogen) atoms. The van der Waals surface area contributed by atoms with Crippen LogP contribution < -0.4 is 0 Å². The van der Waals surface area contributed by atoms with Crippen molar-refractivity contribution in [2.45, 2.75) is 13.1 Å². The van der Waals surface area contributed by atoms with Crippen molar-refractivity contribution in [1.29, 1.82) is 0 Å². The molecule has 0 saturated heterocycles. The molecule has 0 unspecified atom stereocenters. The molecule has 2 heterocycles. The maximum atomic E-state index is 12.9. The maximum absolute atomic E-state index is 12.9. The van der Waals surface area contributed by atoms with Crippen LogP contribution in [0.3, 0.4) is 0 Å². The number of halogens is 3. The topological polar surface area (TPSA) is 65.0 Å². The van der Waals surface area contributed by atoms with Crippen LogP contribution in [0.1, 0.15) is 34.1 Å². The Labute approximate surface area is 164 Å². The Kier molecular flexibility index (Phi) is 5.88. The fourth-order valence-corrected chi connectivity index (χ4v) is 2.44. The van der Waals surface area contributed by atoms with E-state index in [4.69, 9.17) is 4.74 Å². The van der Waals surface area contributed by atoms with Gasteiger partial charge < -0.3 is 4.74 Å². The van der Waals surface area contributed by atoms with Crippen molar-refractivity contribution < 1.29 is 22.7 Å². The third-order valence-corrected chi connectivity index (χ3v) is 3.81. The van der Waals surface area contributed by atoms with Gasteiger partial charge in [-0.25, -0.2) is 19.7 Å². The summed E-state index contributed by atoms with van der Waals surface area (Å²) < 4.78 is 43.5. The van der Waals surface area contributed by atoms with E-state index >= 15 is 0 Å². The van der Waals surface area contributed by atoms with Crippen molar-refractivity contribution in [1.82, 2.24) is 15.0 Å². The zero-order chi connectivity index (χ0) is 20.9. The second-order valence-electron chi connectivity index (χ2n) is 5.79. The van der Waals surface area contributed by atoms with Crippen LogP contribution in [-0.4, -0.2) is 27.5 Å². The third-order valence-electron chi connectivity index (χ3n) is 3.81. The first kappa shape index (κ1) is 20.0. The highest BCUT2D eigenvalue weighted by Gasteiger charge is 2.30. The summed E-state index contributed by atoms with van der Waals surface area (Å²) in [5.74, 6) is 5.12. The zero-order valence-corrected chi connectivity index (χ0v) is 15.2. The molecule has 1 aromatic carbocycles. The minimum absolute atomic E-state index is 0.176. The van der Waals surface area contributed by atoms with Crippen molar-refractivity contribution >= 4 is 5.97 Å². The molecule has 5 nitrogen and oxygen atoms in total.